The van der Waals surface area contributed by atoms with Gasteiger partial charge in [-0.25, -0.2) is 9.59 Å². The number of ketones is 1. The molecule has 0 aliphatic heterocycles. The second-order valence-corrected chi connectivity index (χ2v) is 12.1. The number of aromatic carboxylic acids is 1. The van der Waals surface area contributed by atoms with E-state index in [1.807, 2.05) is 0 Å². The van der Waals surface area contributed by atoms with Crippen LogP contribution in [-0.4, -0.2) is 45.6 Å². The molecule has 8 heteroatoms. The van der Waals surface area contributed by atoms with Crippen LogP contribution in [0.5, 0.6) is 0 Å². The lowest BCUT2D eigenvalue weighted by Crippen LogP contribution is -2.37. The van der Waals surface area contributed by atoms with Crippen LogP contribution in [0.1, 0.15) is 135 Å². The number of rotatable bonds is 23. The molecule has 0 fully saturated rings. The first-order valence-electron chi connectivity index (χ1n) is 16.7. The third-order valence-electron chi connectivity index (χ3n) is 8.64. The quantitative estimate of drug-likeness (QED) is 0.0721. The van der Waals surface area contributed by atoms with Crippen LogP contribution in [0.4, 0.5) is 0 Å². The van der Waals surface area contributed by atoms with E-state index in [0.29, 0.717) is 13.0 Å². The molecule has 0 aromatic heterocycles. The van der Waals surface area contributed by atoms with Crippen molar-refractivity contribution in [2.24, 2.45) is 5.92 Å². The van der Waals surface area contributed by atoms with E-state index in [1.54, 1.807) is 0 Å². The van der Waals surface area contributed by atoms with E-state index in [9.17, 15) is 34.5 Å². The summed E-state index contributed by atoms with van der Waals surface area (Å²) in [6, 6.07) is 14.7. The number of carboxylic acids is 3. The lowest BCUT2D eigenvalue weighted by atomic mass is 9.78. The van der Waals surface area contributed by atoms with Crippen LogP contribution in [0.25, 0.3) is 5.70 Å². The van der Waals surface area contributed by atoms with Gasteiger partial charge >= 0.3 is 17.9 Å². The molecule has 0 saturated heterocycles. The Balaban J connectivity index is 1.26. The number of carbonyl (C=O) groups excluding carboxylic acids is 1. The first-order valence-corrected chi connectivity index (χ1v) is 16.7. The molecular weight excluding hydrogens is 570 g/mol. The highest BCUT2D eigenvalue weighted by Crippen LogP contribution is 2.36. The Hall–Kier alpha value is -3.94. The summed E-state index contributed by atoms with van der Waals surface area (Å²) in [4.78, 5) is 48.7. The van der Waals surface area contributed by atoms with Gasteiger partial charge in [-0.1, -0.05) is 132 Å². The van der Waals surface area contributed by atoms with Gasteiger partial charge in [-0.3, -0.25) is 9.59 Å². The lowest BCUT2D eigenvalue weighted by Gasteiger charge is -2.27. The van der Waals surface area contributed by atoms with Gasteiger partial charge in [0, 0.05) is 17.7 Å². The van der Waals surface area contributed by atoms with Gasteiger partial charge in [-0.2, -0.15) is 0 Å². The minimum Gasteiger partial charge on any atom is -0.480 e. The van der Waals surface area contributed by atoms with Crippen molar-refractivity contribution < 1.29 is 34.5 Å². The fourth-order valence-electron chi connectivity index (χ4n) is 6.21. The zero-order valence-electron chi connectivity index (χ0n) is 26.4. The van der Waals surface area contributed by atoms with Crippen molar-refractivity contribution in [1.82, 2.24) is 5.32 Å². The van der Waals surface area contributed by atoms with Gasteiger partial charge in [0.2, 0.25) is 0 Å². The number of nitrogens with one attached hydrogen (secondary N) is 1. The van der Waals surface area contributed by atoms with Crippen molar-refractivity contribution >= 4 is 29.4 Å². The number of carboxylic acid groups (broad SMARTS) is 3. The summed E-state index contributed by atoms with van der Waals surface area (Å²) in [5.41, 5.74) is 0.334. The maximum absolute atomic E-state index is 12.9. The third kappa shape index (κ3) is 11.2. The van der Waals surface area contributed by atoms with Crippen molar-refractivity contribution in [3.8, 4) is 0 Å². The van der Waals surface area contributed by atoms with Crippen LogP contribution in [0, 0.1) is 5.92 Å². The summed E-state index contributed by atoms with van der Waals surface area (Å²) in [7, 11) is 0. The standard InChI is InChI=1S/C37H49NO7/c39-34-28-24-20-25-29(35(40)41)30(28)33(31(36(42)43)32(34)37(44)45)38-26-19-14-12-10-8-6-4-2-1-3-5-7-9-11-13-16-21-27-22-17-15-18-23-27/h15,17-18,20,22-25,32,38H,1-14,16,19,21,26H2,(H,40,41)(H,42,43)(H,44,45). The minimum absolute atomic E-state index is 0.0561. The molecule has 45 heavy (non-hydrogen) atoms. The number of carbonyl (C=O) groups is 4. The van der Waals surface area contributed by atoms with Crippen LogP contribution >= 0.6 is 0 Å². The van der Waals surface area contributed by atoms with Gasteiger partial charge < -0.3 is 20.6 Å². The molecule has 1 aliphatic carbocycles. The number of hydrogen-bond donors (Lipinski definition) is 4. The van der Waals surface area contributed by atoms with Gasteiger partial charge in [-0.15, -0.1) is 0 Å². The maximum atomic E-state index is 12.9. The number of benzene rings is 2. The fraction of sp³-hybridized carbons (Fsp3) is 0.514. The largest absolute Gasteiger partial charge is 0.480 e. The summed E-state index contributed by atoms with van der Waals surface area (Å²) < 4.78 is 0. The molecule has 0 spiro atoms. The zero-order chi connectivity index (χ0) is 32.4. The summed E-state index contributed by atoms with van der Waals surface area (Å²) in [5, 5.41) is 32.1. The van der Waals surface area contributed by atoms with Crippen LogP contribution in [0.2, 0.25) is 0 Å². The molecular formula is C37H49NO7. The van der Waals surface area contributed by atoms with Crippen LogP contribution in [-0.2, 0) is 16.0 Å². The lowest BCUT2D eigenvalue weighted by molar-refractivity contribution is -0.142. The van der Waals surface area contributed by atoms with E-state index in [4.69, 9.17) is 0 Å². The second kappa shape index (κ2) is 19.4. The topological polar surface area (TPSA) is 141 Å². The Kier molecular flexibility index (Phi) is 15.4. The number of unbranched alkanes of at least 4 members (excludes halogenated alkanes) is 15. The molecule has 0 bridgehead atoms. The Bertz CT molecular complexity index is 1300. The summed E-state index contributed by atoms with van der Waals surface area (Å²) in [5.74, 6) is -7.29. The number of Topliss-reactive ketones (excluding diaryl/α,β-unsaturated/α-hetero) is 1. The smallest absolute Gasteiger partial charge is 0.336 e. The summed E-state index contributed by atoms with van der Waals surface area (Å²) in [6.07, 6.45) is 20.6. The molecule has 1 aliphatic rings. The van der Waals surface area contributed by atoms with E-state index in [2.05, 4.69) is 35.6 Å². The Morgan fingerprint density at radius 1 is 0.600 bits per heavy atom. The molecule has 0 heterocycles. The van der Waals surface area contributed by atoms with E-state index in [-0.39, 0.29) is 22.4 Å². The maximum Gasteiger partial charge on any atom is 0.336 e. The predicted octanol–water partition coefficient (Wildman–Crippen LogP) is 8.15. The summed E-state index contributed by atoms with van der Waals surface area (Å²) in [6.45, 7) is 0.341. The zero-order valence-corrected chi connectivity index (χ0v) is 26.4. The Morgan fingerprint density at radius 2 is 1.11 bits per heavy atom. The average Bonchev–Trinajstić information content (AvgIpc) is 3.02. The molecule has 0 saturated carbocycles. The molecule has 0 radical (unpaired) electrons. The van der Waals surface area contributed by atoms with Crippen LogP contribution in [0.15, 0.2) is 54.1 Å². The van der Waals surface area contributed by atoms with Crippen LogP contribution in [0.3, 0.4) is 0 Å². The molecule has 3 rings (SSSR count). The monoisotopic (exact) mass is 619 g/mol. The SMILES string of the molecule is O=C(O)C1=C(NCCCCCCCCCCCCCCCCCCc2ccccc2)c2c(C(=O)O)cccc2C(=O)C1C(=O)O. The summed E-state index contributed by atoms with van der Waals surface area (Å²) >= 11 is 0. The molecule has 4 N–H and O–H groups in total. The first-order chi connectivity index (χ1) is 21.8. The van der Waals surface area contributed by atoms with Crippen molar-refractivity contribution in [2.75, 3.05) is 6.54 Å². The minimum atomic E-state index is -1.90. The Morgan fingerprint density at radius 3 is 1.60 bits per heavy atom. The van der Waals surface area contributed by atoms with Gasteiger partial charge in [0.15, 0.2) is 11.7 Å². The van der Waals surface area contributed by atoms with E-state index < -0.39 is 35.2 Å². The average molecular weight is 620 g/mol. The molecule has 2 aromatic carbocycles. The van der Waals surface area contributed by atoms with Crippen molar-refractivity contribution in [3.05, 3.63) is 76.4 Å². The first kappa shape index (κ1) is 35.5. The number of fused-ring (bicyclic) bond motifs is 1. The van der Waals surface area contributed by atoms with Gasteiger partial charge in [0.1, 0.15) is 0 Å². The molecule has 8 nitrogen and oxygen atoms in total. The highest BCUT2D eigenvalue weighted by Gasteiger charge is 2.43. The van der Waals surface area contributed by atoms with Gasteiger partial charge in [0.05, 0.1) is 16.8 Å². The second-order valence-electron chi connectivity index (χ2n) is 12.1. The molecule has 1 atom stereocenters. The normalized spacial score (nSPS) is 14.3. The Labute approximate surface area is 266 Å². The molecule has 244 valence electrons. The van der Waals surface area contributed by atoms with E-state index >= 15 is 0 Å². The van der Waals surface area contributed by atoms with Crippen LogP contribution < -0.4 is 5.32 Å². The number of aryl methyl sites for hydroxylation is 1. The molecule has 0 amide bonds. The third-order valence-corrected chi connectivity index (χ3v) is 8.64. The van der Waals surface area contributed by atoms with Crippen molar-refractivity contribution in [3.63, 3.8) is 0 Å². The van der Waals surface area contributed by atoms with Crippen molar-refractivity contribution in [1.29, 1.82) is 0 Å². The predicted molar refractivity (Wildman–Crippen MR) is 175 cm³/mol. The van der Waals surface area contributed by atoms with E-state index in [1.165, 1.54) is 107 Å². The number of hydrogen-bond acceptors (Lipinski definition) is 5. The van der Waals surface area contributed by atoms with Gasteiger partial charge in [-0.05, 0) is 30.9 Å². The molecule has 2 aromatic rings. The number of aliphatic carboxylic acids is 2. The van der Waals surface area contributed by atoms with Gasteiger partial charge in [0.25, 0.3) is 0 Å². The fourth-order valence-corrected chi connectivity index (χ4v) is 6.21. The highest BCUT2D eigenvalue weighted by atomic mass is 16.4. The highest BCUT2D eigenvalue weighted by molar-refractivity contribution is 6.23. The molecule has 1 unspecified atom stereocenters. The van der Waals surface area contributed by atoms with Crippen molar-refractivity contribution in [2.45, 2.75) is 109 Å². The van der Waals surface area contributed by atoms with E-state index in [0.717, 1.165) is 19.3 Å².